The molecule has 0 aromatic rings. The smallest absolute Gasteiger partial charge is 0.417 e. The molecule has 1 heterocycles. The fraction of sp³-hybridized carbons (Fsp3) is 0.667. The predicted octanol–water partition coefficient (Wildman–Crippen LogP) is 2.35. The molecule has 0 aliphatic carbocycles. The van der Waals surface area contributed by atoms with E-state index in [4.69, 9.17) is 4.74 Å². The van der Waals surface area contributed by atoms with Crippen molar-refractivity contribution in [2.75, 3.05) is 6.61 Å². The third-order valence-corrected chi connectivity index (χ3v) is 2.63. The number of hydrogen-bond acceptors (Lipinski definition) is 3. The molecule has 16 heavy (non-hydrogen) atoms. The van der Waals surface area contributed by atoms with Gasteiger partial charge in [-0.25, -0.2) is 9.69 Å². The van der Waals surface area contributed by atoms with Crippen molar-refractivity contribution in [2.24, 2.45) is 5.92 Å². The lowest BCUT2D eigenvalue weighted by atomic mass is 10.0. The van der Waals surface area contributed by atoms with Crippen LogP contribution in [-0.2, 0) is 9.53 Å². The zero-order valence-electron chi connectivity index (χ0n) is 10.1. The van der Waals surface area contributed by atoms with Gasteiger partial charge in [-0.2, -0.15) is 0 Å². The van der Waals surface area contributed by atoms with E-state index in [1.165, 1.54) is 11.0 Å². The van der Waals surface area contributed by atoms with Gasteiger partial charge >= 0.3 is 6.09 Å². The van der Waals surface area contributed by atoms with Crippen LogP contribution in [0.25, 0.3) is 0 Å². The number of hydrogen-bond donors (Lipinski definition) is 0. The van der Waals surface area contributed by atoms with Crippen LogP contribution < -0.4 is 0 Å². The monoisotopic (exact) mass is 225 g/mol. The van der Waals surface area contributed by atoms with Crippen molar-refractivity contribution in [3.8, 4) is 0 Å². The van der Waals surface area contributed by atoms with Crippen LogP contribution in [-0.4, -0.2) is 29.5 Å². The highest BCUT2D eigenvalue weighted by Gasteiger charge is 2.38. The van der Waals surface area contributed by atoms with Crippen LogP contribution in [0.15, 0.2) is 12.2 Å². The minimum atomic E-state index is -0.523. The maximum absolute atomic E-state index is 11.8. The Balaban J connectivity index is 2.68. The predicted molar refractivity (Wildman–Crippen MR) is 60.9 cm³/mol. The molecule has 1 aliphatic heterocycles. The van der Waals surface area contributed by atoms with Crippen LogP contribution in [0.4, 0.5) is 4.79 Å². The Morgan fingerprint density at radius 3 is 2.88 bits per heavy atom. The number of imide groups is 1. The average molecular weight is 225 g/mol. The molecule has 1 fully saturated rings. The van der Waals surface area contributed by atoms with Crippen molar-refractivity contribution in [3.63, 3.8) is 0 Å². The van der Waals surface area contributed by atoms with Crippen molar-refractivity contribution in [3.05, 3.63) is 12.2 Å². The third kappa shape index (κ3) is 2.84. The lowest BCUT2D eigenvalue weighted by molar-refractivity contribution is -0.124. The van der Waals surface area contributed by atoms with Crippen LogP contribution in [0, 0.1) is 5.92 Å². The summed E-state index contributed by atoms with van der Waals surface area (Å²) in [6.45, 7) is 6.30. The fourth-order valence-corrected chi connectivity index (χ4v) is 1.61. The highest BCUT2D eigenvalue weighted by molar-refractivity contribution is 5.99. The molecule has 0 spiro atoms. The molecular weight excluding hydrogens is 206 g/mol. The molecule has 0 radical (unpaired) electrons. The summed E-state index contributed by atoms with van der Waals surface area (Å²) in [7, 11) is 0. The van der Waals surface area contributed by atoms with Gasteiger partial charge in [0.2, 0.25) is 0 Å². The van der Waals surface area contributed by atoms with Gasteiger partial charge in [-0.05, 0) is 18.4 Å². The molecule has 1 rings (SSSR count). The van der Waals surface area contributed by atoms with Gasteiger partial charge in [-0.1, -0.05) is 33.3 Å². The van der Waals surface area contributed by atoms with Crippen LogP contribution in [0.1, 0.15) is 33.6 Å². The average Bonchev–Trinajstić information content (AvgIpc) is 2.60. The number of nitrogens with zero attached hydrogens (tertiary/aromatic N) is 1. The molecule has 4 nitrogen and oxygen atoms in total. The summed E-state index contributed by atoms with van der Waals surface area (Å²) >= 11 is 0. The molecule has 0 aromatic heterocycles. The first kappa shape index (κ1) is 12.7. The van der Waals surface area contributed by atoms with Crippen molar-refractivity contribution in [1.29, 1.82) is 0 Å². The van der Waals surface area contributed by atoms with Gasteiger partial charge in [0.05, 0.1) is 6.04 Å². The third-order valence-electron chi connectivity index (χ3n) is 2.63. The second kappa shape index (κ2) is 5.68. The highest BCUT2D eigenvalue weighted by Crippen LogP contribution is 2.19. The van der Waals surface area contributed by atoms with E-state index in [9.17, 15) is 9.59 Å². The minimum absolute atomic E-state index is 0.133. The lowest BCUT2D eigenvalue weighted by Crippen LogP contribution is -2.40. The Hall–Kier alpha value is -1.32. The lowest BCUT2D eigenvalue weighted by Gasteiger charge is -2.20. The van der Waals surface area contributed by atoms with Crippen molar-refractivity contribution < 1.29 is 14.3 Å². The Kier molecular flexibility index (Phi) is 4.52. The number of unbranched alkanes of at least 4 members (excludes halogenated alkanes) is 1. The molecule has 1 atom stereocenters. The molecule has 1 aliphatic rings. The van der Waals surface area contributed by atoms with E-state index in [-0.39, 0.29) is 17.9 Å². The molecule has 1 saturated heterocycles. The van der Waals surface area contributed by atoms with Gasteiger partial charge in [0.1, 0.15) is 6.61 Å². The van der Waals surface area contributed by atoms with Crippen molar-refractivity contribution in [2.45, 2.75) is 39.7 Å². The summed E-state index contributed by atoms with van der Waals surface area (Å²) in [5, 5.41) is 0. The number of allylic oxidation sites excluding steroid dienone is 1. The number of cyclic esters (lactones) is 1. The van der Waals surface area contributed by atoms with Crippen LogP contribution in [0.3, 0.4) is 0 Å². The number of amides is 2. The highest BCUT2D eigenvalue weighted by atomic mass is 16.6. The second-order valence-corrected chi connectivity index (χ2v) is 4.29. The maximum Gasteiger partial charge on any atom is 0.417 e. The molecule has 2 amide bonds. The van der Waals surface area contributed by atoms with E-state index in [0.717, 1.165) is 12.8 Å². The number of carbonyl (C=O) groups excluding carboxylic acids is 2. The largest absolute Gasteiger partial charge is 0.447 e. The summed E-state index contributed by atoms with van der Waals surface area (Å²) in [4.78, 5) is 24.4. The SMILES string of the molecule is CCC/C=C/C(=O)N1C(=O)OC[C@@H]1C(C)C. The molecule has 0 saturated carbocycles. The quantitative estimate of drug-likeness (QED) is 0.690. The molecule has 0 aromatic carbocycles. The van der Waals surface area contributed by atoms with Crippen LogP contribution >= 0.6 is 0 Å². The Morgan fingerprint density at radius 1 is 1.62 bits per heavy atom. The van der Waals surface area contributed by atoms with Crippen LogP contribution in [0.5, 0.6) is 0 Å². The van der Waals surface area contributed by atoms with Crippen LogP contribution in [0.2, 0.25) is 0 Å². The molecule has 90 valence electrons. The van der Waals surface area contributed by atoms with E-state index in [0.29, 0.717) is 6.61 Å². The molecule has 0 N–H and O–H groups in total. The summed E-state index contributed by atoms with van der Waals surface area (Å²) in [5.41, 5.74) is 0. The van der Waals surface area contributed by atoms with Gasteiger partial charge in [0.15, 0.2) is 0 Å². The normalized spacial score (nSPS) is 20.9. The van der Waals surface area contributed by atoms with Gasteiger partial charge in [-0.15, -0.1) is 0 Å². The number of ether oxygens (including phenoxy) is 1. The zero-order valence-corrected chi connectivity index (χ0v) is 10.1. The van der Waals surface area contributed by atoms with Crippen molar-refractivity contribution >= 4 is 12.0 Å². The topological polar surface area (TPSA) is 46.6 Å². The molecular formula is C12H19NO3. The first-order chi connectivity index (χ1) is 7.57. The second-order valence-electron chi connectivity index (χ2n) is 4.29. The first-order valence-electron chi connectivity index (χ1n) is 5.74. The van der Waals surface area contributed by atoms with Gasteiger partial charge in [0.25, 0.3) is 5.91 Å². The Morgan fingerprint density at radius 2 is 2.31 bits per heavy atom. The molecule has 0 unspecified atom stereocenters. The fourth-order valence-electron chi connectivity index (χ4n) is 1.61. The number of carbonyl (C=O) groups is 2. The van der Waals surface area contributed by atoms with Gasteiger partial charge < -0.3 is 4.74 Å². The Bertz CT molecular complexity index is 297. The van der Waals surface area contributed by atoms with E-state index < -0.39 is 6.09 Å². The zero-order chi connectivity index (χ0) is 12.1. The van der Waals surface area contributed by atoms with Gasteiger partial charge in [0, 0.05) is 0 Å². The maximum atomic E-state index is 11.8. The molecule has 4 heteroatoms. The van der Waals surface area contributed by atoms with Gasteiger partial charge in [-0.3, -0.25) is 4.79 Å². The van der Waals surface area contributed by atoms with Crippen molar-refractivity contribution in [1.82, 2.24) is 4.90 Å². The summed E-state index contributed by atoms with van der Waals surface area (Å²) < 4.78 is 4.90. The minimum Gasteiger partial charge on any atom is -0.447 e. The Labute approximate surface area is 96.3 Å². The molecule has 0 bridgehead atoms. The summed E-state index contributed by atoms with van der Waals surface area (Å²) in [6, 6.07) is -0.133. The summed E-state index contributed by atoms with van der Waals surface area (Å²) in [6.07, 6.45) is 4.57. The standard InChI is InChI=1S/C12H19NO3/c1-4-5-6-7-11(14)13-10(9(2)3)8-16-12(13)15/h6-7,9-10H,4-5,8H2,1-3H3/b7-6+/t10-/m1/s1. The van der Waals surface area contributed by atoms with E-state index >= 15 is 0 Å². The first-order valence-corrected chi connectivity index (χ1v) is 5.74. The van der Waals surface area contributed by atoms with E-state index in [2.05, 4.69) is 0 Å². The van der Waals surface area contributed by atoms with E-state index in [1.807, 2.05) is 20.8 Å². The summed E-state index contributed by atoms with van der Waals surface area (Å²) in [5.74, 6) is -0.0513. The van der Waals surface area contributed by atoms with E-state index in [1.54, 1.807) is 6.08 Å². The number of rotatable bonds is 4.